The minimum absolute atomic E-state index is 0.305. The van der Waals surface area contributed by atoms with Crippen molar-refractivity contribution in [3.63, 3.8) is 0 Å². The highest BCUT2D eigenvalue weighted by Crippen LogP contribution is 2.31. The molecule has 28 heavy (non-hydrogen) atoms. The van der Waals surface area contributed by atoms with Gasteiger partial charge in [0.05, 0.1) is 10.9 Å². The van der Waals surface area contributed by atoms with Crippen molar-refractivity contribution in [1.82, 2.24) is 15.2 Å². The molecule has 0 fully saturated rings. The highest BCUT2D eigenvalue weighted by Gasteiger charge is 2.15. The van der Waals surface area contributed by atoms with E-state index < -0.39 is 11.1 Å². The number of nitrogen functional groups attached to an aromatic ring is 1. The number of H-pyrrole nitrogens is 1. The normalized spacial score (nSPS) is 12.1. The van der Waals surface area contributed by atoms with Gasteiger partial charge in [-0.05, 0) is 48.4 Å². The summed E-state index contributed by atoms with van der Waals surface area (Å²) in [5, 5.41) is 22.2. The summed E-state index contributed by atoms with van der Waals surface area (Å²) in [4.78, 5) is 16.3. The maximum atomic E-state index is 12.4. The van der Waals surface area contributed by atoms with Crippen LogP contribution in [0.2, 0.25) is 0 Å². The number of aromatic nitrogens is 3. The SMILES string of the molecule is Cc1cc(NC(=O)[NH+]([O-])c2ccc(-c3cccc4[nH]nc(N)c34)cc2)ccn1. The first-order valence-electron chi connectivity index (χ1n) is 8.64. The summed E-state index contributed by atoms with van der Waals surface area (Å²) in [6.45, 7) is 1.81. The van der Waals surface area contributed by atoms with Crippen molar-refractivity contribution >= 4 is 34.1 Å². The van der Waals surface area contributed by atoms with Gasteiger partial charge in [-0.3, -0.25) is 20.5 Å². The summed E-state index contributed by atoms with van der Waals surface area (Å²) in [6.07, 6.45) is 1.58. The number of nitrogens with two attached hydrogens (primary N) is 1. The van der Waals surface area contributed by atoms with Crippen LogP contribution in [0.25, 0.3) is 22.0 Å². The molecule has 4 rings (SSSR count). The summed E-state index contributed by atoms with van der Waals surface area (Å²) < 4.78 is 0. The Balaban J connectivity index is 1.57. The molecule has 2 aromatic heterocycles. The smallest absolute Gasteiger partial charge is 0.424 e. The number of anilines is 2. The van der Waals surface area contributed by atoms with E-state index >= 15 is 0 Å². The monoisotopic (exact) mass is 374 g/mol. The first-order valence-corrected chi connectivity index (χ1v) is 8.64. The van der Waals surface area contributed by atoms with Crippen molar-refractivity contribution in [3.05, 3.63) is 71.7 Å². The summed E-state index contributed by atoms with van der Waals surface area (Å²) in [6, 6.07) is 15.2. The number of amides is 2. The van der Waals surface area contributed by atoms with Crippen molar-refractivity contribution in [2.24, 2.45) is 0 Å². The van der Waals surface area contributed by atoms with E-state index in [0.29, 0.717) is 17.2 Å². The van der Waals surface area contributed by atoms with Crippen molar-refractivity contribution in [2.45, 2.75) is 6.92 Å². The Bertz CT molecular complexity index is 1150. The number of hydrogen-bond acceptors (Lipinski definition) is 5. The fourth-order valence-corrected chi connectivity index (χ4v) is 3.08. The van der Waals surface area contributed by atoms with Crippen LogP contribution < -0.4 is 16.1 Å². The molecule has 2 aromatic carbocycles. The lowest BCUT2D eigenvalue weighted by atomic mass is 10.0. The lowest BCUT2D eigenvalue weighted by molar-refractivity contribution is -0.677. The number of rotatable bonds is 3. The second-order valence-corrected chi connectivity index (χ2v) is 6.38. The molecule has 5 N–H and O–H groups in total. The number of carbonyl (C=O) groups excluding carboxylic acids is 1. The van der Waals surface area contributed by atoms with Gasteiger partial charge in [0.2, 0.25) is 0 Å². The van der Waals surface area contributed by atoms with Gasteiger partial charge < -0.3 is 10.9 Å². The fraction of sp³-hybridized carbons (Fsp3) is 0.0500. The number of hydroxylamine groups is 1. The zero-order valence-corrected chi connectivity index (χ0v) is 15.1. The molecule has 140 valence electrons. The predicted octanol–water partition coefficient (Wildman–Crippen LogP) is 2.76. The highest BCUT2D eigenvalue weighted by atomic mass is 16.5. The second-order valence-electron chi connectivity index (χ2n) is 6.38. The Hall–Kier alpha value is -3.75. The van der Waals surface area contributed by atoms with Crippen LogP contribution in [0.1, 0.15) is 5.69 Å². The minimum Gasteiger partial charge on any atom is -0.620 e. The van der Waals surface area contributed by atoms with Gasteiger partial charge in [-0.25, -0.2) is 4.79 Å². The Morgan fingerprint density at radius 1 is 1.18 bits per heavy atom. The Morgan fingerprint density at radius 2 is 1.96 bits per heavy atom. The number of pyridine rings is 1. The van der Waals surface area contributed by atoms with E-state index in [1.807, 2.05) is 25.1 Å². The molecule has 0 aliphatic carbocycles. The number of hydrogen-bond donors (Lipinski definition) is 4. The van der Waals surface area contributed by atoms with Crippen LogP contribution in [-0.2, 0) is 0 Å². The molecule has 8 nitrogen and oxygen atoms in total. The lowest BCUT2D eigenvalue weighted by Gasteiger charge is -2.19. The van der Waals surface area contributed by atoms with Gasteiger partial charge in [-0.2, -0.15) is 5.10 Å². The molecule has 2 amide bonds. The number of carbonyl (C=O) groups is 1. The molecule has 0 saturated carbocycles. The molecule has 0 spiro atoms. The highest BCUT2D eigenvalue weighted by molar-refractivity contribution is 6.01. The molecule has 8 heteroatoms. The number of aryl methyl sites for hydroxylation is 1. The van der Waals surface area contributed by atoms with Crippen LogP contribution in [-0.4, -0.2) is 21.2 Å². The molecule has 1 unspecified atom stereocenters. The number of aromatic amines is 1. The third-order valence-corrected chi connectivity index (χ3v) is 4.44. The summed E-state index contributed by atoms with van der Waals surface area (Å²) >= 11 is 0. The van der Waals surface area contributed by atoms with Crippen molar-refractivity contribution in [2.75, 3.05) is 11.1 Å². The number of urea groups is 1. The number of nitrogens with one attached hydrogen (secondary N) is 3. The molecule has 0 aliphatic rings. The summed E-state index contributed by atoms with van der Waals surface area (Å²) in [5.74, 6) is 0.415. The van der Waals surface area contributed by atoms with Crippen molar-refractivity contribution in [3.8, 4) is 11.1 Å². The van der Waals surface area contributed by atoms with E-state index in [9.17, 15) is 10.0 Å². The predicted molar refractivity (Wildman–Crippen MR) is 108 cm³/mol. The molecule has 0 saturated heterocycles. The first-order chi connectivity index (χ1) is 13.5. The van der Waals surface area contributed by atoms with Crippen LogP contribution in [0, 0.1) is 12.1 Å². The number of quaternary nitrogens is 1. The van der Waals surface area contributed by atoms with Crippen LogP contribution in [0.3, 0.4) is 0 Å². The van der Waals surface area contributed by atoms with Crippen LogP contribution in [0.4, 0.5) is 22.0 Å². The van der Waals surface area contributed by atoms with E-state index in [2.05, 4.69) is 20.5 Å². The number of nitrogens with zero attached hydrogens (tertiary/aromatic N) is 2. The average Bonchev–Trinajstić information content (AvgIpc) is 3.09. The number of fused-ring (bicyclic) bond motifs is 1. The van der Waals surface area contributed by atoms with Crippen LogP contribution in [0.15, 0.2) is 60.8 Å². The molecule has 0 bridgehead atoms. The minimum atomic E-state index is -0.695. The van der Waals surface area contributed by atoms with Gasteiger partial charge in [-0.15, -0.1) is 0 Å². The molecule has 1 atom stereocenters. The van der Waals surface area contributed by atoms with Crippen molar-refractivity contribution < 1.29 is 9.86 Å². The first kappa shape index (κ1) is 17.7. The van der Waals surface area contributed by atoms with E-state index in [4.69, 9.17) is 5.73 Å². The Morgan fingerprint density at radius 3 is 2.71 bits per heavy atom. The van der Waals surface area contributed by atoms with Crippen LogP contribution >= 0.6 is 0 Å². The standard InChI is InChI=1S/C20H18N6O2/c1-12-11-14(9-10-22-12)23-20(27)26(28)15-7-5-13(6-8-15)16-3-2-4-17-18(16)19(21)25-24-17/h2-11,26H,1H3,(H3,21,24,25)(H,22,23,27). The zero-order chi connectivity index (χ0) is 19.7. The van der Waals surface area contributed by atoms with Gasteiger partial charge in [-0.1, -0.05) is 12.1 Å². The van der Waals surface area contributed by atoms with E-state index in [0.717, 1.165) is 27.7 Å². The maximum Gasteiger partial charge on any atom is 0.424 e. The molecule has 0 aliphatic heterocycles. The third-order valence-electron chi connectivity index (χ3n) is 4.44. The van der Waals surface area contributed by atoms with E-state index in [1.54, 1.807) is 42.6 Å². The topological polar surface area (TPSA) is 124 Å². The molecule has 2 heterocycles. The van der Waals surface area contributed by atoms with Gasteiger partial charge >= 0.3 is 6.03 Å². The lowest BCUT2D eigenvalue weighted by Crippen LogP contribution is -3.06. The maximum absolute atomic E-state index is 12.4. The summed E-state index contributed by atoms with van der Waals surface area (Å²) in [7, 11) is 0. The van der Waals surface area contributed by atoms with Gasteiger partial charge in [0, 0.05) is 29.7 Å². The third kappa shape index (κ3) is 3.29. The van der Waals surface area contributed by atoms with Gasteiger partial charge in [0.1, 0.15) is 5.69 Å². The molecular formula is C20H18N6O2. The van der Waals surface area contributed by atoms with E-state index in [-0.39, 0.29) is 0 Å². The van der Waals surface area contributed by atoms with Gasteiger partial charge in [0.15, 0.2) is 5.82 Å². The van der Waals surface area contributed by atoms with Gasteiger partial charge in [0.25, 0.3) is 0 Å². The van der Waals surface area contributed by atoms with Crippen LogP contribution in [0.5, 0.6) is 0 Å². The molecule has 4 aromatic rings. The average molecular weight is 374 g/mol. The zero-order valence-electron chi connectivity index (χ0n) is 15.1. The van der Waals surface area contributed by atoms with E-state index in [1.165, 1.54) is 0 Å². The fourth-order valence-electron chi connectivity index (χ4n) is 3.08. The number of benzene rings is 2. The molecule has 0 radical (unpaired) electrons. The second kappa shape index (κ2) is 7.10. The quantitative estimate of drug-likeness (QED) is 0.411. The Labute approximate surface area is 160 Å². The van der Waals surface area contributed by atoms with Crippen molar-refractivity contribution in [1.29, 1.82) is 0 Å². The molecular weight excluding hydrogens is 356 g/mol. The largest absolute Gasteiger partial charge is 0.620 e. The summed E-state index contributed by atoms with van der Waals surface area (Å²) in [5.41, 5.74) is 10.2. The Kier molecular flexibility index (Phi) is 4.48.